The van der Waals surface area contributed by atoms with Gasteiger partial charge in [0.1, 0.15) is 0 Å². The van der Waals surface area contributed by atoms with Crippen molar-refractivity contribution in [1.29, 1.82) is 0 Å². The van der Waals surface area contributed by atoms with Crippen LogP contribution >= 0.6 is 11.6 Å². The molecule has 0 aliphatic carbocycles. The highest BCUT2D eigenvalue weighted by Crippen LogP contribution is 2.22. The van der Waals surface area contributed by atoms with Gasteiger partial charge in [-0.25, -0.2) is 4.79 Å². The lowest BCUT2D eigenvalue weighted by molar-refractivity contribution is -0.115. The first-order chi connectivity index (χ1) is 9.40. The van der Waals surface area contributed by atoms with Crippen LogP contribution < -0.4 is 10.6 Å². The molecule has 0 bridgehead atoms. The Balaban J connectivity index is 2.59. The second-order valence-electron chi connectivity index (χ2n) is 4.46. The molecule has 3 N–H and O–H groups in total. The highest BCUT2D eigenvalue weighted by atomic mass is 35.5. The Hall–Kier alpha value is -1.85. The molecule has 1 amide bonds. The van der Waals surface area contributed by atoms with Gasteiger partial charge in [0.15, 0.2) is 0 Å². The number of amides is 1. The number of anilines is 1. The van der Waals surface area contributed by atoms with Gasteiger partial charge in [-0.2, -0.15) is 0 Å². The fraction of sp³-hybridized carbons (Fsp3) is 0.286. The molecule has 1 aromatic rings. The number of rotatable bonds is 6. The third kappa shape index (κ3) is 5.42. The number of aromatic carboxylic acids is 1. The quantitative estimate of drug-likeness (QED) is 0.557. The van der Waals surface area contributed by atoms with Crippen LogP contribution in [0.25, 0.3) is 0 Å². The molecule has 0 aliphatic heterocycles. The molecular weight excluding hydrogens is 280 g/mol. The number of hydrogen-bond donors (Lipinski definition) is 3. The van der Waals surface area contributed by atoms with E-state index in [0.717, 1.165) is 5.57 Å². The standard InChI is InChI=1S/C14H17ClN2O3/c1-9(2)5-6-16-8-13(18)17-12-7-10(14(19)20)3-4-11(12)15/h3-5,7,16H,6,8H2,1-2H3,(H,17,18)(H,19,20). The van der Waals surface area contributed by atoms with Gasteiger partial charge in [0, 0.05) is 6.54 Å². The van der Waals surface area contributed by atoms with Gasteiger partial charge < -0.3 is 15.7 Å². The summed E-state index contributed by atoms with van der Waals surface area (Å²) < 4.78 is 0. The first-order valence-electron chi connectivity index (χ1n) is 6.07. The number of nitrogens with one attached hydrogen (secondary N) is 2. The molecule has 0 saturated heterocycles. The monoisotopic (exact) mass is 296 g/mol. The van der Waals surface area contributed by atoms with Crippen molar-refractivity contribution in [1.82, 2.24) is 5.32 Å². The zero-order valence-corrected chi connectivity index (χ0v) is 12.1. The number of carboxylic acid groups (broad SMARTS) is 1. The molecular formula is C14H17ClN2O3. The smallest absolute Gasteiger partial charge is 0.335 e. The molecule has 0 aliphatic rings. The van der Waals surface area contributed by atoms with Crippen molar-refractivity contribution < 1.29 is 14.7 Å². The molecule has 5 nitrogen and oxygen atoms in total. The Morgan fingerprint density at radius 1 is 1.35 bits per heavy atom. The van der Waals surface area contributed by atoms with E-state index >= 15 is 0 Å². The summed E-state index contributed by atoms with van der Waals surface area (Å²) in [4.78, 5) is 22.5. The molecule has 0 radical (unpaired) electrons. The molecule has 1 rings (SSSR count). The Labute approximate surface area is 122 Å². The summed E-state index contributed by atoms with van der Waals surface area (Å²) in [5, 5.41) is 14.7. The third-order valence-electron chi connectivity index (χ3n) is 2.43. The largest absolute Gasteiger partial charge is 0.478 e. The number of hydrogen-bond acceptors (Lipinski definition) is 3. The van der Waals surface area contributed by atoms with Crippen LogP contribution in [0, 0.1) is 0 Å². The number of carboxylic acids is 1. The fourth-order valence-electron chi connectivity index (χ4n) is 1.41. The predicted molar refractivity (Wildman–Crippen MR) is 79.3 cm³/mol. The molecule has 20 heavy (non-hydrogen) atoms. The summed E-state index contributed by atoms with van der Waals surface area (Å²) in [6, 6.07) is 4.16. The van der Waals surface area contributed by atoms with Gasteiger partial charge in [-0.3, -0.25) is 4.79 Å². The molecule has 1 aromatic carbocycles. The molecule has 0 fully saturated rings. The lowest BCUT2D eigenvalue weighted by atomic mass is 10.2. The van der Waals surface area contributed by atoms with E-state index < -0.39 is 5.97 Å². The van der Waals surface area contributed by atoms with Crippen LogP contribution in [0.15, 0.2) is 29.8 Å². The van der Waals surface area contributed by atoms with Crippen LogP contribution in [0.1, 0.15) is 24.2 Å². The molecule has 0 heterocycles. The molecule has 0 unspecified atom stereocenters. The number of allylic oxidation sites excluding steroid dienone is 1. The maximum Gasteiger partial charge on any atom is 0.335 e. The van der Waals surface area contributed by atoms with Crippen molar-refractivity contribution >= 4 is 29.2 Å². The van der Waals surface area contributed by atoms with Gasteiger partial charge in [0.2, 0.25) is 5.91 Å². The molecule has 0 saturated carbocycles. The Morgan fingerprint density at radius 2 is 2.05 bits per heavy atom. The van der Waals surface area contributed by atoms with E-state index in [-0.39, 0.29) is 18.0 Å². The summed E-state index contributed by atoms with van der Waals surface area (Å²) in [7, 11) is 0. The summed E-state index contributed by atoms with van der Waals surface area (Å²) in [5.74, 6) is -1.35. The molecule has 0 atom stereocenters. The summed E-state index contributed by atoms with van der Waals surface area (Å²) in [6.07, 6.45) is 1.96. The molecule has 0 aromatic heterocycles. The van der Waals surface area contributed by atoms with E-state index in [2.05, 4.69) is 10.6 Å². The van der Waals surface area contributed by atoms with Crippen molar-refractivity contribution in [3.05, 3.63) is 40.4 Å². The Morgan fingerprint density at radius 3 is 2.65 bits per heavy atom. The van der Waals surface area contributed by atoms with Crippen LogP contribution in [0.4, 0.5) is 5.69 Å². The Bertz CT molecular complexity index is 537. The first-order valence-corrected chi connectivity index (χ1v) is 6.44. The summed E-state index contributed by atoms with van der Waals surface area (Å²) in [6.45, 7) is 4.66. The zero-order valence-electron chi connectivity index (χ0n) is 11.4. The highest BCUT2D eigenvalue weighted by Gasteiger charge is 2.09. The zero-order chi connectivity index (χ0) is 15.1. The van der Waals surface area contributed by atoms with Gasteiger partial charge in [-0.05, 0) is 32.0 Å². The van der Waals surface area contributed by atoms with Crippen LogP contribution in [0.3, 0.4) is 0 Å². The van der Waals surface area contributed by atoms with E-state index in [4.69, 9.17) is 16.7 Å². The van der Waals surface area contributed by atoms with E-state index in [1.165, 1.54) is 18.2 Å². The van der Waals surface area contributed by atoms with Gasteiger partial charge in [-0.1, -0.05) is 23.3 Å². The van der Waals surface area contributed by atoms with E-state index in [0.29, 0.717) is 17.3 Å². The third-order valence-corrected chi connectivity index (χ3v) is 2.76. The topological polar surface area (TPSA) is 78.4 Å². The van der Waals surface area contributed by atoms with Gasteiger partial charge >= 0.3 is 5.97 Å². The van der Waals surface area contributed by atoms with Crippen LogP contribution in [0.5, 0.6) is 0 Å². The van der Waals surface area contributed by atoms with Gasteiger partial charge in [0.05, 0.1) is 22.8 Å². The second-order valence-corrected chi connectivity index (χ2v) is 4.87. The van der Waals surface area contributed by atoms with Crippen molar-refractivity contribution in [2.45, 2.75) is 13.8 Å². The minimum atomic E-state index is -1.07. The normalized spacial score (nSPS) is 9.95. The maximum atomic E-state index is 11.7. The Kier molecular flexibility index (Phi) is 6.21. The van der Waals surface area contributed by atoms with Crippen molar-refractivity contribution in [2.75, 3.05) is 18.4 Å². The minimum Gasteiger partial charge on any atom is -0.478 e. The molecule has 108 valence electrons. The average Bonchev–Trinajstić information content (AvgIpc) is 2.37. The predicted octanol–water partition coefficient (Wildman–Crippen LogP) is 2.53. The lowest BCUT2D eigenvalue weighted by Gasteiger charge is -2.08. The van der Waals surface area contributed by atoms with E-state index in [1.54, 1.807) is 0 Å². The summed E-state index contributed by atoms with van der Waals surface area (Å²) in [5.41, 5.74) is 1.53. The van der Waals surface area contributed by atoms with Crippen molar-refractivity contribution in [3.8, 4) is 0 Å². The van der Waals surface area contributed by atoms with E-state index in [1.807, 2.05) is 19.9 Å². The minimum absolute atomic E-state index is 0.0715. The molecule has 0 spiro atoms. The molecule has 6 heteroatoms. The van der Waals surface area contributed by atoms with Crippen LogP contribution in [0.2, 0.25) is 5.02 Å². The van der Waals surface area contributed by atoms with Crippen LogP contribution in [-0.4, -0.2) is 30.1 Å². The number of benzene rings is 1. The van der Waals surface area contributed by atoms with Crippen LogP contribution in [-0.2, 0) is 4.79 Å². The fourth-order valence-corrected chi connectivity index (χ4v) is 1.58. The van der Waals surface area contributed by atoms with Crippen molar-refractivity contribution in [3.63, 3.8) is 0 Å². The number of halogens is 1. The summed E-state index contributed by atoms with van der Waals surface area (Å²) >= 11 is 5.91. The van der Waals surface area contributed by atoms with E-state index in [9.17, 15) is 9.59 Å². The number of carbonyl (C=O) groups is 2. The average molecular weight is 297 g/mol. The SMILES string of the molecule is CC(C)=CCNCC(=O)Nc1cc(C(=O)O)ccc1Cl. The number of carbonyl (C=O) groups excluding carboxylic acids is 1. The second kappa shape index (κ2) is 7.67. The van der Waals surface area contributed by atoms with Crippen molar-refractivity contribution in [2.24, 2.45) is 0 Å². The van der Waals surface area contributed by atoms with Gasteiger partial charge in [0.25, 0.3) is 0 Å². The lowest BCUT2D eigenvalue weighted by Crippen LogP contribution is -2.28. The maximum absolute atomic E-state index is 11.7. The highest BCUT2D eigenvalue weighted by molar-refractivity contribution is 6.33. The van der Waals surface area contributed by atoms with Gasteiger partial charge in [-0.15, -0.1) is 0 Å². The first kappa shape index (κ1) is 16.2.